The van der Waals surface area contributed by atoms with E-state index in [1.54, 1.807) is 79.7 Å². The molecule has 4 aliphatic heterocycles. The number of carbonyl (C=O) groups excluding carboxylic acids is 10. The zero-order chi connectivity index (χ0) is 106. The number of nitrogens with one attached hydrogen (secondary N) is 11. The summed E-state index contributed by atoms with van der Waals surface area (Å²) in [5, 5.41) is 134. The molecule has 147 heavy (non-hydrogen) atoms. The van der Waals surface area contributed by atoms with Crippen molar-refractivity contribution in [1.82, 2.24) is 87.3 Å². The molecule has 0 saturated carbocycles. The number of rotatable bonds is 34. The van der Waals surface area contributed by atoms with Crippen molar-refractivity contribution in [1.29, 1.82) is 0 Å². The molecule has 0 bridgehead atoms. The van der Waals surface area contributed by atoms with Gasteiger partial charge in [0.2, 0.25) is 58.4 Å². The van der Waals surface area contributed by atoms with Gasteiger partial charge in [-0.2, -0.15) is 10.2 Å². The molecule has 9 atom stereocenters. The average molecular weight is 2030 g/mol. The third-order valence-electron chi connectivity index (χ3n) is 25.1. The number of aromatic nitrogens is 8. The van der Waals surface area contributed by atoms with Crippen molar-refractivity contribution < 1.29 is 99.0 Å². The Morgan fingerprint density at radius 3 is 1.50 bits per heavy atom. The Bertz CT molecular complexity index is 6130. The number of allylic oxidation sites excluding steroid dienone is 1. The number of aliphatic hydroxyl groups excluding tert-OH is 3. The maximum atomic E-state index is 13.2. The molecule has 8 heterocycles. The van der Waals surface area contributed by atoms with E-state index in [1.165, 1.54) is 23.1 Å². The summed E-state index contributed by atoms with van der Waals surface area (Å²) in [6.45, 7) is 15.9. The number of aromatic hydroxyl groups is 7. The standard InChI is InChI=1S/C28H34N4O8.C14H19N3O3.2C13H17N3O2.C12H21N3O3.C12H15N3O.C11H13N3O2.CH4/c1-14-2-3-16(12-31-14)27(39)30-11-9-19-18-6-4-15(8-10-29-28(40)17-5-7-20(33)32-13-17)22(34)24(36)21(18)25(37)26(38)23(19)35;1-2-11(15)13(19)16-9-7-17(8-9)14(20)10-5-3-4-6-12(10)18;2*1-9(8-17)13(18)14-7-6-12-10-4-2-3-5-11(10)15-16-12;1-2-8(13)10(16)5-6-11(17)15-7-3-4-9(15)12(14)18;1-2-9(13)12-14-7-10(15-12)8-5-3-4-6-11(8)16;12-8(6-15)11-13-5-9(14-11)7-3-1-2-4-10(7)16;/h4,6,16-17,31,35,37-38H,1-3,5,7-13H2,(H,29,40)(H,30,39)(H,32,33)(H,34,36);3-6,9,11,18H,2,7-8,15H2,1H3,(H,16,19);2*2-5,9,17H,6-8H2,1H3,(H,14,18)(H,15,16);8-9H,2-7,13H2,1H3,(H2,14,18);3-7,9,16H,2,13H2,1H3,(H,14,15);1-5,8,15-16H,6,12H2,(H,13,14);1H4/t;11-;2*9-;8-,9?;9-;8-;/m.000000./s1. The first kappa shape index (κ1) is 117. The van der Waals surface area contributed by atoms with Crippen molar-refractivity contribution in [2.45, 2.75) is 175 Å². The van der Waals surface area contributed by atoms with Crippen LogP contribution < -0.4 is 71.3 Å². The van der Waals surface area contributed by atoms with Gasteiger partial charge in [-0.1, -0.05) is 134 Å². The fourth-order valence-electron chi connectivity index (χ4n) is 15.8. The average Bonchev–Trinajstić information content (AvgIpc) is 1.74. The van der Waals surface area contributed by atoms with Crippen LogP contribution in [0.15, 0.2) is 163 Å². The molecular weight excluding hydrogens is 1890 g/mol. The van der Waals surface area contributed by atoms with E-state index in [-0.39, 0.29) is 212 Å². The van der Waals surface area contributed by atoms with Crippen molar-refractivity contribution in [3.63, 3.8) is 0 Å². The Hall–Kier alpha value is -15.4. The number of piperidine rings is 2. The van der Waals surface area contributed by atoms with E-state index in [1.807, 2.05) is 87.5 Å². The van der Waals surface area contributed by atoms with Gasteiger partial charge >= 0.3 is 0 Å². The Labute approximate surface area is 850 Å². The summed E-state index contributed by atoms with van der Waals surface area (Å²) in [6, 6.07) is 36.9. The van der Waals surface area contributed by atoms with Gasteiger partial charge in [0, 0.05) is 136 Å². The van der Waals surface area contributed by atoms with Crippen molar-refractivity contribution in [2.24, 2.45) is 52.3 Å². The van der Waals surface area contributed by atoms with Gasteiger partial charge in [0.1, 0.15) is 40.7 Å². The van der Waals surface area contributed by atoms with Crippen molar-refractivity contribution in [3.8, 4) is 62.8 Å². The van der Waals surface area contributed by atoms with Gasteiger partial charge in [-0.3, -0.25) is 62.9 Å². The molecule has 43 nitrogen and oxygen atoms in total. The molecule has 0 aliphatic carbocycles. The number of hydrogen-bond acceptors (Lipinski definition) is 30. The molecule has 4 aromatic heterocycles. The number of ketones is 1. The summed E-state index contributed by atoms with van der Waals surface area (Å²) in [4.78, 5) is 148. The highest BCUT2D eigenvalue weighted by Crippen LogP contribution is 2.44. The smallest absolute Gasteiger partial charge is 0.257 e. The number of phenolic OH excluding ortho intramolecular Hbond substituents is 6. The number of primary amides is 1. The second-order valence-electron chi connectivity index (χ2n) is 35.7. The molecule has 0 spiro atoms. The lowest BCUT2D eigenvalue weighted by Crippen LogP contribution is -2.62. The second-order valence-corrected chi connectivity index (χ2v) is 35.7. The summed E-state index contributed by atoms with van der Waals surface area (Å²) in [6.07, 6.45) is 10.4. The fraction of sp³-hybridized carbons (Fsp3) is 0.413. The highest BCUT2D eigenvalue weighted by molar-refractivity contribution is 5.98. The molecular formula is C104H140N22O21. The molecule has 7 aromatic carbocycles. The van der Waals surface area contributed by atoms with Crippen LogP contribution in [-0.2, 0) is 68.8 Å². The number of phenols is 6. The third-order valence-corrected chi connectivity index (χ3v) is 25.1. The van der Waals surface area contributed by atoms with Gasteiger partial charge in [0.15, 0.2) is 17.2 Å². The normalized spacial score (nSPS) is 15.8. The number of fused-ring (bicyclic) bond motifs is 3. The summed E-state index contributed by atoms with van der Waals surface area (Å²) in [7, 11) is 0. The van der Waals surface area contributed by atoms with E-state index < -0.39 is 58.5 Å². The van der Waals surface area contributed by atoms with E-state index >= 15 is 0 Å². The van der Waals surface area contributed by atoms with E-state index in [0.29, 0.717) is 108 Å². The molecule has 9 amide bonds. The van der Waals surface area contributed by atoms with Crippen LogP contribution >= 0.6 is 0 Å². The Kier molecular flexibility index (Phi) is 46.0. The summed E-state index contributed by atoms with van der Waals surface area (Å²) in [5.41, 5.74) is 35.2. The zero-order valence-corrected chi connectivity index (χ0v) is 82.5. The largest absolute Gasteiger partial charge is 0.507 e. The number of nitrogens with zero attached hydrogens (tertiary/aromatic N) is 6. The minimum absolute atomic E-state index is 0. The van der Waals surface area contributed by atoms with Crippen LogP contribution in [0.25, 0.3) is 55.1 Å². The first-order valence-electron chi connectivity index (χ1n) is 48.5. The molecule has 4 fully saturated rings. The number of aromatic amines is 4. The molecule has 31 N–H and O–H groups in total. The summed E-state index contributed by atoms with van der Waals surface area (Å²) < 4.78 is 0. The summed E-state index contributed by atoms with van der Waals surface area (Å²) in [5.74, 6) is -4.73. The second kappa shape index (κ2) is 57.9. The molecule has 15 rings (SSSR count). The highest BCUT2D eigenvalue weighted by Gasteiger charge is 2.36. The van der Waals surface area contributed by atoms with Crippen LogP contribution in [0.4, 0.5) is 0 Å². The molecule has 3 unspecified atom stereocenters. The fourth-order valence-corrected chi connectivity index (χ4v) is 15.8. The zero-order valence-electron chi connectivity index (χ0n) is 82.5. The maximum absolute atomic E-state index is 13.2. The topological polar surface area (TPSA) is 726 Å². The monoisotopic (exact) mass is 2030 g/mol. The number of hydrogen-bond donors (Lipinski definition) is 26. The molecule has 43 heteroatoms. The van der Waals surface area contributed by atoms with Crippen LogP contribution in [0, 0.1) is 23.7 Å². The van der Waals surface area contributed by atoms with E-state index in [2.05, 4.69) is 84.1 Å². The number of Topliss-reactive ketones (excluding diaryl/α,β-unsaturated/α-hetero) is 1. The molecule has 792 valence electrons. The SMILES string of the molecule is C.C=C1CCC(C(=O)NCCc2c(O)c(O)c(O)c3c(=O)c(O)c(CCNC(=O)C4CCC(=O)NC4)ccc23)CN1.CC[C@H](N)C(=O)CCC(=O)N1CCCC1C(N)=O.CC[C@H](N)C(=O)NC1CN(C(=O)c2ccccc2O)C1.CC[C@H](N)c1ncc(-c2ccccc2O)[nH]1.C[C@@H](CO)C(=O)NCCc1[nH]nc2ccccc12.C[C@@H](CO)C(=O)NCCc1[nH]nc2ccccc12.N[C@@H](CO)c1ncc(-c2ccccc2O)[nH]1. The predicted molar refractivity (Wildman–Crippen MR) is 554 cm³/mol. The Morgan fingerprint density at radius 2 is 1.01 bits per heavy atom. The lowest BCUT2D eigenvalue weighted by atomic mass is 9.97. The van der Waals surface area contributed by atoms with Crippen molar-refractivity contribution in [3.05, 3.63) is 208 Å². The maximum Gasteiger partial charge on any atom is 0.257 e. The van der Waals surface area contributed by atoms with Crippen LogP contribution in [0.1, 0.15) is 169 Å². The van der Waals surface area contributed by atoms with Gasteiger partial charge in [0.05, 0.1) is 119 Å². The number of likely N-dealkylation sites (tertiary alicyclic amines) is 2. The number of imidazole rings is 2. The van der Waals surface area contributed by atoms with Gasteiger partial charge in [-0.05, 0) is 124 Å². The minimum atomic E-state index is -0.956. The highest BCUT2D eigenvalue weighted by atomic mass is 16.3. The molecule has 0 radical (unpaired) electrons. The van der Waals surface area contributed by atoms with Crippen LogP contribution in [-0.4, -0.2) is 263 Å². The van der Waals surface area contributed by atoms with Gasteiger partial charge in [-0.15, -0.1) is 0 Å². The van der Waals surface area contributed by atoms with E-state index in [0.717, 1.165) is 68.8 Å². The quantitative estimate of drug-likeness (QED) is 0.0227. The van der Waals surface area contributed by atoms with E-state index in [4.69, 9.17) is 44.0 Å². The van der Waals surface area contributed by atoms with E-state index in [9.17, 15) is 88.5 Å². The molecule has 11 aromatic rings. The lowest BCUT2D eigenvalue weighted by Gasteiger charge is -2.40. The number of H-pyrrole nitrogens is 4. The first-order valence-corrected chi connectivity index (χ1v) is 48.5. The minimum Gasteiger partial charge on any atom is -0.507 e. The van der Waals surface area contributed by atoms with Crippen molar-refractivity contribution in [2.75, 3.05) is 78.7 Å². The number of para-hydroxylation sites is 5. The number of nitrogens with two attached hydrogens (primary N) is 5. The summed E-state index contributed by atoms with van der Waals surface area (Å²) >= 11 is 0. The van der Waals surface area contributed by atoms with Crippen LogP contribution in [0.3, 0.4) is 0 Å². The Morgan fingerprint density at radius 1 is 0.517 bits per heavy atom. The number of carbonyl (C=O) groups is 10. The van der Waals surface area contributed by atoms with Gasteiger partial charge in [0.25, 0.3) is 5.91 Å². The molecule has 4 saturated heterocycles. The first-order chi connectivity index (χ1) is 69.9. The number of benzene rings is 6. The lowest BCUT2D eigenvalue weighted by molar-refractivity contribution is -0.138. The predicted octanol–water partition coefficient (Wildman–Crippen LogP) is 5.30. The van der Waals surface area contributed by atoms with Gasteiger partial charge in [-0.25, -0.2) is 9.97 Å². The third kappa shape index (κ3) is 33.1. The van der Waals surface area contributed by atoms with Crippen LogP contribution in [0.2, 0.25) is 0 Å². The van der Waals surface area contributed by atoms with Crippen LogP contribution in [0.5, 0.6) is 40.2 Å². The number of aliphatic hydroxyl groups is 3. The number of amides is 9. The van der Waals surface area contributed by atoms with Gasteiger partial charge < -0.3 is 137 Å². The Balaban J connectivity index is 0.000000216. The van der Waals surface area contributed by atoms with Crippen molar-refractivity contribution >= 4 is 91.5 Å². The molecule has 4 aliphatic rings.